The second-order valence-electron chi connectivity index (χ2n) is 10.8. The molecule has 1 fully saturated rings. The summed E-state index contributed by atoms with van der Waals surface area (Å²) in [5, 5.41) is 42.7. The second-order valence-corrected chi connectivity index (χ2v) is 10.8. The number of benzene rings is 2. The normalized spacial score (nSPS) is 23.0. The van der Waals surface area contributed by atoms with Gasteiger partial charge in [0.15, 0.2) is 0 Å². The highest BCUT2D eigenvalue weighted by atomic mass is 16.3. The van der Waals surface area contributed by atoms with Crippen molar-refractivity contribution in [2.24, 2.45) is 11.8 Å². The smallest absolute Gasteiger partial charge is 0.321 e. The van der Waals surface area contributed by atoms with Crippen molar-refractivity contribution < 1.29 is 25.2 Å². The summed E-state index contributed by atoms with van der Waals surface area (Å²) < 4.78 is 0. The predicted molar refractivity (Wildman–Crippen MR) is 140 cm³/mol. The standard InChI is InChI=1S/C29H42N2O5/c1-19(2)13-25-27(34)28(35)26(14-20(3)4)31(16-22-10-6-8-12-24(22)18-33)29(36)30(25)15-21-9-5-7-11-23(21)17-32/h5-12,19-20,25-28,32-35H,13-18H2,1-4H3. The van der Waals surface area contributed by atoms with Gasteiger partial charge in [0.25, 0.3) is 0 Å². The molecule has 4 atom stereocenters. The molecule has 0 radical (unpaired) electrons. The molecule has 198 valence electrons. The number of aliphatic hydroxyl groups is 4. The fraction of sp³-hybridized carbons (Fsp3) is 0.552. The largest absolute Gasteiger partial charge is 0.392 e. The summed E-state index contributed by atoms with van der Waals surface area (Å²) in [6.07, 6.45) is -1.19. The van der Waals surface area contributed by atoms with Crippen LogP contribution in [0.2, 0.25) is 0 Å². The molecule has 0 aliphatic carbocycles. The lowest BCUT2D eigenvalue weighted by Gasteiger charge is -2.37. The molecule has 1 aliphatic heterocycles. The molecule has 2 aromatic carbocycles. The minimum absolute atomic E-state index is 0.151. The summed E-state index contributed by atoms with van der Waals surface area (Å²) in [6.45, 7) is 8.27. The molecule has 4 N–H and O–H groups in total. The molecule has 2 amide bonds. The molecule has 2 aromatic rings. The number of aliphatic hydroxyl groups excluding tert-OH is 4. The fourth-order valence-electron chi connectivity index (χ4n) is 5.24. The van der Waals surface area contributed by atoms with Crippen LogP contribution >= 0.6 is 0 Å². The van der Waals surface area contributed by atoms with Gasteiger partial charge in [-0.2, -0.15) is 0 Å². The SMILES string of the molecule is CC(C)CC1C(O)C(O)C(CC(C)C)N(Cc2ccccc2CO)C(=O)N1Cc1ccccc1CO. The summed E-state index contributed by atoms with van der Waals surface area (Å²) in [5.74, 6) is 0.371. The van der Waals surface area contributed by atoms with Crippen LogP contribution in [0, 0.1) is 11.8 Å². The van der Waals surface area contributed by atoms with Crippen LogP contribution in [-0.4, -0.2) is 60.5 Å². The second kappa shape index (κ2) is 12.7. The average Bonchev–Trinajstić information content (AvgIpc) is 2.91. The molecule has 0 aromatic heterocycles. The van der Waals surface area contributed by atoms with Crippen molar-refractivity contribution >= 4 is 6.03 Å². The maximum Gasteiger partial charge on any atom is 0.321 e. The van der Waals surface area contributed by atoms with Crippen molar-refractivity contribution in [2.75, 3.05) is 0 Å². The van der Waals surface area contributed by atoms with Crippen LogP contribution in [-0.2, 0) is 26.3 Å². The van der Waals surface area contributed by atoms with Gasteiger partial charge in [0.1, 0.15) is 12.2 Å². The van der Waals surface area contributed by atoms with Crippen LogP contribution in [0.1, 0.15) is 62.8 Å². The van der Waals surface area contributed by atoms with E-state index in [1.54, 1.807) is 9.80 Å². The molecule has 3 rings (SSSR count). The molecule has 1 aliphatic rings. The van der Waals surface area contributed by atoms with Gasteiger partial charge in [-0.15, -0.1) is 0 Å². The summed E-state index contributed by atoms with van der Waals surface area (Å²) >= 11 is 0. The van der Waals surface area contributed by atoms with Crippen molar-refractivity contribution in [1.82, 2.24) is 9.80 Å². The fourth-order valence-corrected chi connectivity index (χ4v) is 5.24. The van der Waals surface area contributed by atoms with E-state index in [2.05, 4.69) is 0 Å². The first-order valence-corrected chi connectivity index (χ1v) is 13.0. The van der Waals surface area contributed by atoms with E-state index in [0.29, 0.717) is 12.8 Å². The Hall–Kier alpha value is -2.45. The Morgan fingerprint density at radius 1 is 0.667 bits per heavy atom. The summed E-state index contributed by atoms with van der Waals surface area (Å²) in [7, 11) is 0. The van der Waals surface area contributed by atoms with E-state index in [9.17, 15) is 25.2 Å². The van der Waals surface area contributed by atoms with Gasteiger partial charge in [-0.3, -0.25) is 0 Å². The minimum Gasteiger partial charge on any atom is -0.392 e. The van der Waals surface area contributed by atoms with E-state index in [0.717, 1.165) is 22.3 Å². The highest BCUT2D eigenvalue weighted by molar-refractivity contribution is 5.76. The van der Waals surface area contributed by atoms with Crippen LogP contribution in [0.25, 0.3) is 0 Å². The molecule has 0 spiro atoms. The third-order valence-corrected chi connectivity index (χ3v) is 7.12. The van der Waals surface area contributed by atoms with Crippen molar-refractivity contribution in [3.8, 4) is 0 Å². The third kappa shape index (κ3) is 6.45. The molecule has 0 bridgehead atoms. The molecule has 0 saturated carbocycles. The summed E-state index contributed by atoms with van der Waals surface area (Å²) in [5.41, 5.74) is 3.07. The van der Waals surface area contributed by atoms with Crippen molar-refractivity contribution in [3.05, 3.63) is 70.8 Å². The molecule has 1 saturated heterocycles. The van der Waals surface area contributed by atoms with E-state index in [-0.39, 0.29) is 44.2 Å². The number of hydrogen-bond donors (Lipinski definition) is 4. The van der Waals surface area contributed by atoms with Gasteiger partial charge in [0.05, 0.1) is 25.3 Å². The van der Waals surface area contributed by atoms with Crippen LogP contribution in [0.15, 0.2) is 48.5 Å². The van der Waals surface area contributed by atoms with E-state index in [1.165, 1.54) is 0 Å². The van der Waals surface area contributed by atoms with Gasteiger partial charge < -0.3 is 30.2 Å². The van der Waals surface area contributed by atoms with Gasteiger partial charge in [-0.1, -0.05) is 76.2 Å². The predicted octanol–water partition coefficient (Wildman–Crippen LogP) is 3.66. The number of amides is 2. The van der Waals surface area contributed by atoms with Crippen LogP contribution in [0.5, 0.6) is 0 Å². The molecule has 7 heteroatoms. The topological polar surface area (TPSA) is 104 Å². The summed E-state index contributed by atoms with van der Waals surface area (Å²) in [6, 6.07) is 13.4. The van der Waals surface area contributed by atoms with Crippen LogP contribution < -0.4 is 0 Å². The Labute approximate surface area is 215 Å². The molecule has 4 unspecified atom stereocenters. The zero-order valence-electron chi connectivity index (χ0n) is 21.9. The lowest BCUT2D eigenvalue weighted by Crippen LogP contribution is -2.50. The number of carbonyl (C=O) groups excluding carboxylic acids is 1. The third-order valence-electron chi connectivity index (χ3n) is 7.12. The van der Waals surface area contributed by atoms with E-state index in [1.807, 2.05) is 76.2 Å². The molecule has 7 nitrogen and oxygen atoms in total. The van der Waals surface area contributed by atoms with Gasteiger partial charge >= 0.3 is 6.03 Å². The average molecular weight is 499 g/mol. The lowest BCUT2D eigenvalue weighted by atomic mass is 9.89. The van der Waals surface area contributed by atoms with Crippen molar-refractivity contribution in [1.29, 1.82) is 0 Å². The summed E-state index contributed by atoms with van der Waals surface area (Å²) in [4.78, 5) is 17.7. The molecular weight excluding hydrogens is 456 g/mol. The number of rotatable bonds is 10. The number of nitrogens with zero attached hydrogens (tertiary/aromatic N) is 2. The first kappa shape index (κ1) is 28.1. The maximum atomic E-state index is 14.3. The van der Waals surface area contributed by atoms with Gasteiger partial charge in [0, 0.05) is 13.1 Å². The molecular formula is C29H42N2O5. The number of urea groups is 1. The lowest BCUT2D eigenvalue weighted by molar-refractivity contribution is -0.0484. The quantitative estimate of drug-likeness (QED) is 0.400. The Morgan fingerprint density at radius 3 is 1.31 bits per heavy atom. The molecule has 1 heterocycles. The Bertz CT molecular complexity index is 918. The van der Waals surface area contributed by atoms with E-state index < -0.39 is 24.3 Å². The van der Waals surface area contributed by atoms with E-state index >= 15 is 0 Å². The van der Waals surface area contributed by atoms with Crippen molar-refractivity contribution in [2.45, 2.75) is 91.1 Å². The Kier molecular flexibility index (Phi) is 9.91. The number of hydrogen-bond acceptors (Lipinski definition) is 5. The van der Waals surface area contributed by atoms with E-state index in [4.69, 9.17) is 0 Å². The Balaban J connectivity index is 2.11. The Morgan fingerprint density at radius 2 is 1.00 bits per heavy atom. The first-order valence-electron chi connectivity index (χ1n) is 13.0. The highest BCUT2D eigenvalue weighted by Gasteiger charge is 2.46. The van der Waals surface area contributed by atoms with Gasteiger partial charge in [0.2, 0.25) is 0 Å². The zero-order valence-corrected chi connectivity index (χ0v) is 21.9. The number of carbonyl (C=O) groups is 1. The van der Waals surface area contributed by atoms with Gasteiger partial charge in [-0.05, 0) is 46.9 Å². The monoisotopic (exact) mass is 498 g/mol. The zero-order chi connectivity index (χ0) is 26.4. The van der Waals surface area contributed by atoms with Crippen LogP contribution in [0.4, 0.5) is 4.79 Å². The minimum atomic E-state index is -1.13. The first-order chi connectivity index (χ1) is 17.2. The maximum absolute atomic E-state index is 14.3. The highest BCUT2D eigenvalue weighted by Crippen LogP contribution is 2.32. The molecule has 36 heavy (non-hydrogen) atoms. The van der Waals surface area contributed by atoms with Gasteiger partial charge in [-0.25, -0.2) is 4.79 Å². The van der Waals surface area contributed by atoms with Crippen molar-refractivity contribution in [3.63, 3.8) is 0 Å². The van der Waals surface area contributed by atoms with Crippen LogP contribution in [0.3, 0.4) is 0 Å².